The zero-order valence-corrected chi connectivity index (χ0v) is 4.91. The Balaban J connectivity index is 2.13. The largest absolute Gasteiger partial charge is 0.330 e. The minimum absolute atomic E-state index is 0.675. The van der Waals surface area contributed by atoms with Crippen molar-refractivity contribution in [1.29, 1.82) is 0 Å². The van der Waals surface area contributed by atoms with Crippen LogP contribution in [-0.2, 0) is 0 Å². The molecule has 1 rings (SSSR count). The van der Waals surface area contributed by atoms with E-state index in [0.717, 1.165) is 6.54 Å². The lowest BCUT2D eigenvalue weighted by Crippen LogP contribution is -2.04. The van der Waals surface area contributed by atoms with Gasteiger partial charge in [-0.2, -0.15) is 0 Å². The molecule has 0 saturated heterocycles. The second-order valence-electron chi connectivity index (χ2n) is 2.85. The summed E-state index contributed by atoms with van der Waals surface area (Å²) in [6, 6.07) is 0. The van der Waals surface area contributed by atoms with Gasteiger partial charge in [0.1, 0.15) is 0 Å². The summed E-state index contributed by atoms with van der Waals surface area (Å²) in [6.45, 7) is 3.18. The molecule has 1 fully saturated rings. The van der Waals surface area contributed by atoms with Crippen molar-refractivity contribution >= 4 is 0 Å². The van der Waals surface area contributed by atoms with Gasteiger partial charge in [0, 0.05) is 0 Å². The molecule has 0 aromatic heterocycles. The Bertz CT molecular complexity index is 64.6. The maximum Gasteiger partial charge on any atom is -0.00721 e. The van der Waals surface area contributed by atoms with E-state index in [4.69, 9.17) is 5.73 Å². The summed E-state index contributed by atoms with van der Waals surface area (Å²) in [5.74, 6) is 0. The van der Waals surface area contributed by atoms with Crippen LogP contribution in [0.1, 0.15) is 26.2 Å². The standard InChI is InChI=1S/C6H13N/c1-6(2-3-6)4-5-7/h2-5,7H2,1H3. The van der Waals surface area contributed by atoms with E-state index < -0.39 is 0 Å². The molecule has 1 aliphatic rings. The summed E-state index contributed by atoms with van der Waals surface area (Å²) in [4.78, 5) is 0. The van der Waals surface area contributed by atoms with Crippen molar-refractivity contribution in [1.82, 2.24) is 0 Å². The molecule has 0 bridgehead atoms. The highest BCUT2D eigenvalue weighted by Crippen LogP contribution is 2.47. The van der Waals surface area contributed by atoms with Crippen molar-refractivity contribution in [3.8, 4) is 0 Å². The van der Waals surface area contributed by atoms with Crippen LogP contribution in [0.4, 0.5) is 0 Å². The van der Waals surface area contributed by atoms with Crippen LogP contribution in [0.5, 0.6) is 0 Å². The lowest BCUT2D eigenvalue weighted by molar-refractivity contribution is 0.527. The highest BCUT2D eigenvalue weighted by molar-refractivity contribution is 4.87. The minimum atomic E-state index is 0.675. The van der Waals surface area contributed by atoms with Crippen LogP contribution in [0, 0.1) is 5.41 Å². The van der Waals surface area contributed by atoms with Gasteiger partial charge in [0.05, 0.1) is 0 Å². The highest BCUT2D eigenvalue weighted by atomic mass is 14.6. The zero-order chi connectivity index (χ0) is 5.33. The van der Waals surface area contributed by atoms with Gasteiger partial charge < -0.3 is 5.73 Å². The van der Waals surface area contributed by atoms with Crippen LogP contribution in [0.3, 0.4) is 0 Å². The molecule has 42 valence electrons. The maximum absolute atomic E-state index is 5.35. The number of rotatable bonds is 2. The molecule has 2 N–H and O–H groups in total. The Hall–Kier alpha value is -0.0400. The summed E-state index contributed by atoms with van der Waals surface area (Å²) >= 11 is 0. The summed E-state index contributed by atoms with van der Waals surface area (Å²) < 4.78 is 0. The van der Waals surface area contributed by atoms with Gasteiger partial charge in [-0.15, -0.1) is 0 Å². The van der Waals surface area contributed by atoms with Gasteiger partial charge in [0.15, 0.2) is 0 Å². The average Bonchev–Trinajstić information content (AvgIpc) is 2.22. The van der Waals surface area contributed by atoms with Gasteiger partial charge in [0.25, 0.3) is 0 Å². The van der Waals surface area contributed by atoms with Crippen LogP contribution >= 0.6 is 0 Å². The molecule has 0 atom stereocenters. The Kier molecular flexibility index (Phi) is 1.08. The van der Waals surface area contributed by atoms with Crippen molar-refractivity contribution < 1.29 is 0 Å². The predicted molar refractivity (Wildman–Crippen MR) is 31.0 cm³/mol. The van der Waals surface area contributed by atoms with Crippen molar-refractivity contribution in [3.63, 3.8) is 0 Å². The van der Waals surface area contributed by atoms with Crippen LogP contribution in [-0.4, -0.2) is 6.54 Å². The van der Waals surface area contributed by atoms with E-state index in [1.807, 2.05) is 0 Å². The normalized spacial score (nSPS) is 24.9. The minimum Gasteiger partial charge on any atom is -0.330 e. The number of hydrogen-bond acceptors (Lipinski definition) is 1. The van der Waals surface area contributed by atoms with Gasteiger partial charge in [0.2, 0.25) is 0 Å². The smallest absolute Gasteiger partial charge is 0.00721 e. The van der Waals surface area contributed by atoms with E-state index in [2.05, 4.69) is 6.92 Å². The molecule has 0 amide bonds. The van der Waals surface area contributed by atoms with Gasteiger partial charge in [-0.25, -0.2) is 0 Å². The Labute approximate surface area is 44.9 Å². The molecule has 1 heteroatoms. The third-order valence-electron chi connectivity index (χ3n) is 1.85. The molecule has 1 saturated carbocycles. The van der Waals surface area contributed by atoms with Crippen LogP contribution in [0.15, 0.2) is 0 Å². The second-order valence-corrected chi connectivity index (χ2v) is 2.85. The summed E-state index contributed by atoms with van der Waals surface area (Å²) in [5.41, 5.74) is 6.03. The average molecular weight is 99.2 g/mol. The molecule has 0 unspecified atom stereocenters. The van der Waals surface area contributed by atoms with E-state index in [-0.39, 0.29) is 0 Å². The third kappa shape index (κ3) is 1.16. The molecule has 0 aromatic rings. The first kappa shape index (κ1) is 5.10. The monoisotopic (exact) mass is 99.1 g/mol. The number of hydrogen-bond donors (Lipinski definition) is 1. The molecule has 1 nitrogen and oxygen atoms in total. The van der Waals surface area contributed by atoms with Crippen molar-refractivity contribution in [2.24, 2.45) is 11.1 Å². The SMILES string of the molecule is CC1(CCN)CC1. The lowest BCUT2D eigenvalue weighted by Gasteiger charge is -2.01. The van der Waals surface area contributed by atoms with E-state index in [1.165, 1.54) is 19.3 Å². The molecule has 0 heterocycles. The van der Waals surface area contributed by atoms with Crippen LogP contribution in [0.25, 0.3) is 0 Å². The van der Waals surface area contributed by atoms with Gasteiger partial charge in [-0.1, -0.05) is 6.92 Å². The topological polar surface area (TPSA) is 26.0 Å². The van der Waals surface area contributed by atoms with E-state index >= 15 is 0 Å². The van der Waals surface area contributed by atoms with Crippen molar-refractivity contribution in [2.45, 2.75) is 26.2 Å². The summed E-state index contributed by atoms with van der Waals surface area (Å²) in [7, 11) is 0. The van der Waals surface area contributed by atoms with E-state index in [9.17, 15) is 0 Å². The first-order valence-electron chi connectivity index (χ1n) is 2.97. The lowest BCUT2D eigenvalue weighted by atomic mass is 10.1. The fraction of sp³-hybridized carbons (Fsp3) is 1.00. The fourth-order valence-electron chi connectivity index (χ4n) is 0.812. The van der Waals surface area contributed by atoms with Gasteiger partial charge in [-0.3, -0.25) is 0 Å². The van der Waals surface area contributed by atoms with Gasteiger partial charge >= 0.3 is 0 Å². The molecule has 1 aliphatic carbocycles. The Morgan fingerprint density at radius 3 is 2.29 bits per heavy atom. The van der Waals surface area contributed by atoms with Gasteiger partial charge in [-0.05, 0) is 31.2 Å². The third-order valence-corrected chi connectivity index (χ3v) is 1.85. The molecular weight excluding hydrogens is 86.1 g/mol. The molecule has 0 aliphatic heterocycles. The van der Waals surface area contributed by atoms with E-state index in [1.54, 1.807) is 0 Å². The summed E-state index contributed by atoms with van der Waals surface area (Å²) in [6.07, 6.45) is 4.04. The number of nitrogens with two attached hydrogens (primary N) is 1. The first-order valence-corrected chi connectivity index (χ1v) is 2.97. The zero-order valence-electron chi connectivity index (χ0n) is 4.91. The molecular formula is C6H13N. The predicted octanol–water partition coefficient (Wildman–Crippen LogP) is 1.14. The summed E-state index contributed by atoms with van der Waals surface area (Å²) in [5, 5.41) is 0. The molecule has 0 radical (unpaired) electrons. The van der Waals surface area contributed by atoms with Crippen LogP contribution in [0.2, 0.25) is 0 Å². The molecule has 0 aromatic carbocycles. The maximum atomic E-state index is 5.35. The Morgan fingerprint density at radius 1 is 1.57 bits per heavy atom. The first-order chi connectivity index (χ1) is 3.27. The van der Waals surface area contributed by atoms with E-state index in [0.29, 0.717) is 5.41 Å². The van der Waals surface area contributed by atoms with Crippen LogP contribution < -0.4 is 5.73 Å². The second kappa shape index (κ2) is 1.48. The van der Waals surface area contributed by atoms with Crippen molar-refractivity contribution in [3.05, 3.63) is 0 Å². The highest BCUT2D eigenvalue weighted by Gasteiger charge is 2.35. The molecule has 7 heavy (non-hydrogen) atoms. The quantitative estimate of drug-likeness (QED) is 0.552. The molecule has 0 spiro atoms. The Morgan fingerprint density at radius 2 is 2.14 bits per heavy atom. The van der Waals surface area contributed by atoms with Crippen molar-refractivity contribution in [2.75, 3.05) is 6.54 Å². The fourth-order valence-corrected chi connectivity index (χ4v) is 0.812.